The number of para-hydroxylation sites is 1. The van der Waals surface area contributed by atoms with Crippen LogP contribution in [0.4, 0.5) is 0 Å². The van der Waals surface area contributed by atoms with Crippen LogP contribution in [0.1, 0.15) is 28.4 Å². The summed E-state index contributed by atoms with van der Waals surface area (Å²) in [5.74, 6) is 0.366. The Morgan fingerprint density at radius 2 is 2.17 bits per heavy atom. The molecule has 6 heteroatoms. The van der Waals surface area contributed by atoms with Crippen LogP contribution in [0.25, 0.3) is 10.2 Å². The van der Waals surface area contributed by atoms with Gasteiger partial charge in [-0.3, -0.25) is 4.79 Å². The molecule has 0 spiro atoms. The van der Waals surface area contributed by atoms with Gasteiger partial charge in [-0.2, -0.15) is 0 Å². The first-order chi connectivity index (χ1) is 11.2. The van der Waals surface area contributed by atoms with Crippen molar-refractivity contribution < 1.29 is 14.3 Å². The average Bonchev–Trinajstić information content (AvgIpc) is 3.12. The predicted molar refractivity (Wildman–Crippen MR) is 87.3 cm³/mol. The van der Waals surface area contributed by atoms with Crippen LogP contribution in [0.3, 0.4) is 0 Å². The molecule has 4 rings (SSSR count). The van der Waals surface area contributed by atoms with Crippen molar-refractivity contribution in [3.05, 3.63) is 53.4 Å². The fourth-order valence-electron chi connectivity index (χ4n) is 2.78. The van der Waals surface area contributed by atoms with Gasteiger partial charge in [0.1, 0.15) is 11.4 Å². The van der Waals surface area contributed by atoms with Crippen LogP contribution in [0.5, 0.6) is 0 Å². The second-order valence-electron chi connectivity index (χ2n) is 5.85. The van der Waals surface area contributed by atoms with Gasteiger partial charge in [-0.05, 0) is 43.0 Å². The Morgan fingerprint density at radius 3 is 2.87 bits per heavy atom. The van der Waals surface area contributed by atoms with Crippen molar-refractivity contribution in [3.63, 3.8) is 0 Å². The van der Waals surface area contributed by atoms with Crippen LogP contribution >= 0.6 is 11.3 Å². The number of nitrogens with zero attached hydrogens (tertiary/aromatic N) is 1. The van der Waals surface area contributed by atoms with E-state index in [4.69, 9.17) is 4.42 Å². The molecule has 2 aromatic heterocycles. The number of furan rings is 1. The van der Waals surface area contributed by atoms with Crippen molar-refractivity contribution in [2.24, 2.45) is 5.92 Å². The molecule has 23 heavy (non-hydrogen) atoms. The van der Waals surface area contributed by atoms with Crippen LogP contribution in [-0.4, -0.2) is 22.5 Å². The molecule has 118 valence electrons. The van der Waals surface area contributed by atoms with Crippen molar-refractivity contribution >= 4 is 27.5 Å². The summed E-state index contributed by atoms with van der Waals surface area (Å²) >= 11 is 1.35. The van der Waals surface area contributed by atoms with Gasteiger partial charge >= 0.3 is 0 Å². The number of hydrogen-bond acceptors (Lipinski definition) is 5. The van der Waals surface area contributed by atoms with Gasteiger partial charge in [0, 0.05) is 0 Å². The number of amides is 1. The predicted octanol–water partition coefficient (Wildman–Crippen LogP) is 2.92. The van der Waals surface area contributed by atoms with Crippen LogP contribution < -0.4 is 5.32 Å². The van der Waals surface area contributed by atoms with Crippen molar-refractivity contribution in [1.82, 2.24) is 10.3 Å². The number of nitrogens with one attached hydrogen (secondary N) is 1. The summed E-state index contributed by atoms with van der Waals surface area (Å²) in [4.78, 5) is 16.7. The SMILES string of the molecule is O=C(NCC(O)(c1ccco1)C1CC1)c1nc2ccccc2s1. The summed E-state index contributed by atoms with van der Waals surface area (Å²) in [6.45, 7) is 0.125. The minimum Gasteiger partial charge on any atom is -0.466 e. The number of aromatic nitrogens is 1. The third-order valence-corrected chi connectivity index (χ3v) is 5.24. The van der Waals surface area contributed by atoms with E-state index in [-0.39, 0.29) is 18.4 Å². The van der Waals surface area contributed by atoms with Crippen LogP contribution in [0.2, 0.25) is 0 Å². The van der Waals surface area contributed by atoms with E-state index < -0.39 is 5.60 Å². The quantitative estimate of drug-likeness (QED) is 0.755. The smallest absolute Gasteiger partial charge is 0.280 e. The summed E-state index contributed by atoms with van der Waals surface area (Å²) in [6, 6.07) is 11.1. The van der Waals surface area contributed by atoms with Crippen molar-refractivity contribution in [3.8, 4) is 0 Å². The summed E-state index contributed by atoms with van der Waals surface area (Å²) in [7, 11) is 0. The Bertz CT molecular complexity index is 806. The Kier molecular flexibility index (Phi) is 3.43. The zero-order chi connectivity index (χ0) is 15.9. The third-order valence-electron chi connectivity index (χ3n) is 4.21. The summed E-state index contributed by atoms with van der Waals surface area (Å²) in [5, 5.41) is 14.1. The number of carbonyl (C=O) groups excluding carboxylic acids is 1. The Balaban J connectivity index is 1.52. The molecule has 1 fully saturated rings. The molecule has 3 aromatic rings. The highest BCUT2D eigenvalue weighted by Crippen LogP contribution is 2.45. The monoisotopic (exact) mass is 328 g/mol. The number of benzene rings is 1. The molecular weight excluding hydrogens is 312 g/mol. The first kappa shape index (κ1) is 14.4. The number of aliphatic hydroxyl groups is 1. The number of fused-ring (bicyclic) bond motifs is 1. The highest BCUT2D eigenvalue weighted by Gasteiger charge is 2.47. The summed E-state index contributed by atoms with van der Waals surface area (Å²) < 4.78 is 6.34. The molecule has 1 saturated carbocycles. The summed E-state index contributed by atoms with van der Waals surface area (Å²) in [5.41, 5.74) is -0.332. The number of hydrogen-bond donors (Lipinski definition) is 2. The molecule has 0 aliphatic heterocycles. The van der Waals surface area contributed by atoms with Gasteiger partial charge in [-0.1, -0.05) is 12.1 Å². The van der Waals surface area contributed by atoms with E-state index in [1.807, 2.05) is 24.3 Å². The van der Waals surface area contributed by atoms with E-state index in [1.54, 1.807) is 12.1 Å². The largest absolute Gasteiger partial charge is 0.466 e. The lowest BCUT2D eigenvalue weighted by Crippen LogP contribution is -2.42. The molecule has 1 atom stereocenters. The molecule has 1 aliphatic carbocycles. The zero-order valence-corrected chi connectivity index (χ0v) is 13.2. The second-order valence-corrected chi connectivity index (χ2v) is 6.88. The van der Waals surface area contributed by atoms with E-state index in [2.05, 4.69) is 10.3 Å². The normalized spacial score (nSPS) is 17.1. The van der Waals surface area contributed by atoms with Gasteiger partial charge in [-0.15, -0.1) is 11.3 Å². The van der Waals surface area contributed by atoms with Crippen molar-refractivity contribution in [1.29, 1.82) is 0 Å². The number of rotatable bonds is 5. The van der Waals surface area contributed by atoms with Gasteiger partial charge in [-0.25, -0.2) is 4.98 Å². The first-order valence-electron chi connectivity index (χ1n) is 7.57. The fourth-order valence-corrected chi connectivity index (χ4v) is 3.66. The number of thiazole rings is 1. The molecule has 5 nitrogen and oxygen atoms in total. The van der Waals surface area contributed by atoms with Crippen molar-refractivity contribution in [2.45, 2.75) is 18.4 Å². The van der Waals surface area contributed by atoms with Crippen LogP contribution in [-0.2, 0) is 5.60 Å². The van der Waals surface area contributed by atoms with Crippen LogP contribution in [0, 0.1) is 5.92 Å². The topological polar surface area (TPSA) is 75.4 Å². The molecule has 2 heterocycles. The minimum atomic E-state index is -1.14. The lowest BCUT2D eigenvalue weighted by atomic mass is 9.94. The maximum atomic E-state index is 12.4. The maximum Gasteiger partial charge on any atom is 0.280 e. The van der Waals surface area contributed by atoms with E-state index in [0.29, 0.717) is 10.8 Å². The molecule has 1 aliphatic rings. The maximum absolute atomic E-state index is 12.4. The minimum absolute atomic E-state index is 0.125. The molecule has 2 N–H and O–H groups in total. The second kappa shape index (κ2) is 5.47. The highest BCUT2D eigenvalue weighted by atomic mass is 32.1. The van der Waals surface area contributed by atoms with Gasteiger partial charge in [0.25, 0.3) is 5.91 Å². The zero-order valence-electron chi connectivity index (χ0n) is 12.4. The molecule has 0 radical (unpaired) electrons. The summed E-state index contributed by atoms with van der Waals surface area (Å²) in [6.07, 6.45) is 3.42. The Labute approximate surface area is 137 Å². The van der Waals surface area contributed by atoms with Crippen molar-refractivity contribution in [2.75, 3.05) is 6.54 Å². The van der Waals surface area contributed by atoms with E-state index in [1.165, 1.54) is 17.6 Å². The molecule has 1 amide bonds. The van der Waals surface area contributed by atoms with Crippen LogP contribution in [0.15, 0.2) is 47.1 Å². The lowest BCUT2D eigenvalue weighted by molar-refractivity contribution is -0.00610. The standard InChI is InChI=1S/C17H16N2O3S/c20-15(16-19-12-4-1-2-5-13(12)23-16)18-10-17(21,11-7-8-11)14-6-3-9-22-14/h1-6,9,11,21H,7-8,10H2,(H,18,20). The van der Waals surface area contributed by atoms with Gasteiger partial charge in [0.15, 0.2) is 5.01 Å². The molecule has 0 bridgehead atoms. The lowest BCUT2D eigenvalue weighted by Gasteiger charge is -2.26. The molecular formula is C17H16N2O3S. The number of carbonyl (C=O) groups is 1. The molecule has 1 unspecified atom stereocenters. The molecule has 1 aromatic carbocycles. The fraction of sp³-hybridized carbons (Fsp3) is 0.294. The van der Waals surface area contributed by atoms with Gasteiger partial charge in [0.2, 0.25) is 0 Å². The van der Waals surface area contributed by atoms with E-state index in [9.17, 15) is 9.90 Å². The Hall–Kier alpha value is -2.18. The van der Waals surface area contributed by atoms with Gasteiger partial charge in [0.05, 0.1) is 23.0 Å². The van der Waals surface area contributed by atoms with E-state index in [0.717, 1.165) is 23.1 Å². The average molecular weight is 328 g/mol. The highest BCUT2D eigenvalue weighted by molar-refractivity contribution is 7.20. The third kappa shape index (κ3) is 2.64. The van der Waals surface area contributed by atoms with Gasteiger partial charge < -0.3 is 14.8 Å². The van der Waals surface area contributed by atoms with E-state index >= 15 is 0 Å². The first-order valence-corrected chi connectivity index (χ1v) is 8.38. The molecule has 0 saturated heterocycles. The Morgan fingerprint density at radius 1 is 1.35 bits per heavy atom.